The molecule has 1 heterocycles. The summed E-state index contributed by atoms with van der Waals surface area (Å²) < 4.78 is 44.5. The molecule has 22 heavy (non-hydrogen) atoms. The summed E-state index contributed by atoms with van der Waals surface area (Å²) >= 11 is 0. The lowest BCUT2D eigenvalue weighted by atomic mass is 10.0. The fourth-order valence-corrected chi connectivity index (χ4v) is 3.02. The van der Waals surface area contributed by atoms with Crippen LogP contribution < -0.4 is 0 Å². The molecule has 7 heteroatoms. The molecule has 1 aliphatic rings. The first-order valence-corrected chi connectivity index (χ1v) is 6.98. The lowest BCUT2D eigenvalue weighted by Gasteiger charge is -2.36. The van der Waals surface area contributed by atoms with Gasteiger partial charge in [0.15, 0.2) is 0 Å². The van der Waals surface area contributed by atoms with E-state index in [2.05, 4.69) is 4.74 Å². The second kappa shape index (κ2) is 6.66. The highest BCUT2D eigenvalue weighted by Crippen LogP contribution is 2.41. The van der Waals surface area contributed by atoms with E-state index in [9.17, 15) is 23.1 Å². The van der Waals surface area contributed by atoms with Crippen LogP contribution in [-0.4, -0.2) is 48.0 Å². The fraction of sp³-hybridized carbons (Fsp3) is 0.533. The number of benzene rings is 1. The number of aliphatic hydroxyl groups excluding tert-OH is 1. The summed E-state index contributed by atoms with van der Waals surface area (Å²) in [5.41, 5.74) is 0.537. The Hall–Kier alpha value is -1.60. The van der Waals surface area contributed by atoms with E-state index in [1.54, 1.807) is 30.3 Å². The number of halogens is 3. The van der Waals surface area contributed by atoms with Crippen LogP contribution in [0.3, 0.4) is 0 Å². The monoisotopic (exact) mass is 317 g/mol. The van der Waals surface area contributed by atoms with Gasteiger partial charge in [0.1, 0.15) is 12.1 Å². The molecule has 2 rings (SSSR count). The number of ether oxygens (including phenoxy) is 1. The Kier molecular flexibility index (Phi) is 5.08. The molecule has 0 bridgehead atoms. The molecule has 3 atom stereocenters. The SMILES string of the molecule is COC(=O)[C@@H]1CC[C@H](C(F)(F)F)N1[C@@H](CO)c1ccccc1. The largest absolute Gasteiger partial charge is 0.468 e. The van der Waals surface area contributed by atoms with Crippen LogP contribution in [0.1, 0.15) is 24.4 Å². The third-order valence-electron chi connectivity index (χ3n) is 4.00. The van der Waals surface area contributed by atoms with Crippen LogP contribution in [0.25, 0.3) is 0 Å². The van der Waals surface area contributed by atoms with Crippen LogP contribution in [0, 0.1) is 0 Å². The first-order chi connectivity index (χ1) is 10.4. The van der Waals surface area contributed by atoms with E-state index in [4.69, 9.17) is 0 Å². The third kappa shape index (κ3) is 3.25. The van der Waals surface area contributed by atoms with E-state index in [0.29, 0.717) is 5.56 Å². The lowest BCUT2D eigenvalue weighted by molar-refractivity contribution is -0.190. The first-order valence-electron chi connectivity index (χ1n) is 6.98. The predicted octanol–water partition coefficient (Wildman–Crippen LogP) is 2.29. The van der Waals surface area contributed by atoms with Gasteiger partial charge >= 0.3 is 12.1 Å². The summed E-state index contributed by atoms with van der Waals surface area (Å²) in [5.74, 6) is -0.707. The van der Waals surface area contributed by atoms with Crippen LogP contribution >= 0.6 is 0 Å². The Morgan fingerprint density at radius 1 is 1.36 bits per heavy atom. The number of alkyl halides is 3. The van der Waals surface area contributed by atoms with Crippen molar-refractivity contribution in [3.63, 3.8) is 0 Å². The number of esters is 1. The minimum absolute atomic E-state index is 0.0557. The Morgan fingerprint density at radius 2 is 2.00 bits per heavy atom. The Labute approximate surface area is 126 Å². The van der Waals surface area contributed by atoms with Crippen molar-refractivity contribution in [2.24, 2.45) is 0 Å². The van der Waals surface area contributed by atoms with Crippen molar-refractivity contribution in [1.82, 2.24) is 4.90 Å². The van der Waals surface area contributed by atoms with Crippen molar-refractivity contribution in [3.05, 3.63) is 35.9 Å². The molecule has 0 spiro atoms. The average Bonchev–Trinajstić information content (AvgIpc) is 2.93. The van der Waals surface area contributed by atoms with Gasteiger partial charge < -0.3 is 9.84 Å². The summed E-state index contributed by atoms with van der Waals surface area (Å²) in [5, 5.41) is 9.63. The van der Waals surface area contributed by atoms with Crippen LogP contribution in [0.2, 0.25) is 0 Å². The fourth-order valence-electron chi connectivity index (χ4n) is 3.02. The van der Waals surface area contributed by atoms with Gasteiger partial charge in [0, 0.05) is 0 Å². The number of hydrogen-bond donors (Lipinski definition) is 1. The standard InChI is InChI=1S/C15H18F3NO3/c1-22-14(21)11-7-8-13(15(16,17)18)19(11)12(9-20)10-5-3-2-4-6-10/h2-6,11-13,20H,7-9H2,1H3/t11-,12-,13+/m0/s1. The molecule has 0 amide bonds. The highest BCUT2D eigenvalue weighted by Gasteiger charge is 2.53. The topological polar surface area (TPSA) is 49.8 Å². The number of carbonyl (C=O) groups is 1. The normalized spacial score (nSPS) is 24.2. The van der Waals surface area contributed by atoms with Crippen LogP contribution in [0.4, 0.5) is 13.2 Å². The average molecular weight is 317 g/mol. The second-order valence-corrected chi connectivity index (χ2v) is 5.23. The molecule has 0 saturated carbocycles. The maximum absolute atomic E-state index is 13.3. The van der Waals surface area contributed by atoms with Gasteiger partial charge in [-0.2, -0.15) is 13.2 Å². The number of rotatable bonds is 4. The van der Waals surface area contributed by atoms with E-state index in [0.717, 1.165) is 12.0 Å². The molecule has 1 fully saturated rings. The number of aliphatic hydroxyl groups is 1. The van der Waals surface area contributed by atoms with Crippen molar-refractivity contribution in [2.75, 3.05) is 13.7 Å². The Balaban J connectivity index is 2.40. The molecule has 1 aromatic rings. The molecule has 0 radical (unpaired) electrons. The zero-order valence-corrected chi connectivity index (χ0v) is 12.1. The second-order valence-electron chi connectivity index (χ2n) is 5.23. The molecule has 0 aliphatic carbocycles. The molecule has 4 nitrogen and oxygen atoms in total. The Bertz CT molecular complexity index is 507. The van der Waals surface area contributed by atoms with Gasteiger partial charge in [0.05, 0.1) is 19.8 Å². The van der Waals surface area contributed by atoms with E-state index in [1.165, 1.54) is 0 Å². The highest BCUT2D eigenvalue weighted by molar-refractivity contribution is 5.76. The number of nitrogens with zero attached hydrogens (tertiary/aromatic N) is 1. The lowest BCUT2D eigenvalue weighted by Crippen LogP contribution is -2.50. The number of carbonyl (C=O) groups excluding carboxylic acids is 1. The molecule has 1 N–H and O–H groups in total. The maximum atomic E-state index is 13.3. The van der Waals surface area contributed by atoms with E-state index in [-0.39, 0.29) is 12.8 Å². The molecular formula is C15H18F3NO3. The number of hydrogen-bond acceptors (Lipinski definition) is 4. The first kappa shape index (κ1) is 16.8. The molecular weight excluding hydrogens is 299 g/mol. The summed E-state index contributed by atoms with van der Waals surface area (Å²) in [6.07, 6.45) is -4.60. The summed E-state index contributed by atoms with van der Waals surface area (Å²) in [6.45, 7) is -0.510. The van der Waals surface area contributed by atoms with Gasteiger partial charge in [0.2, 0.25) is 0 Å². The van der Waals surface area contributed by atoms with Gasteiger partial charge in [-0.05, 0) is 18.4 Å². The van der Waals surface area contributed by atoms with Gasteiger partial charge in [-0.25, -0.2) is 0 Å². The predicted molar refractivity (Wildman–Crippen MR) is 73.0 cm³/mol. The molecule has 1 saturated heterocycles. The zero-order valence-electron chi connectivity index (χ0n) is 12.1. The summed E-state index contributed by atoms with van der Waals surface area (Å²) in [4.78, 5) is 12.9. The molecule has 1 aromatic carbocycles. The van der Waals surface area contributed by atoms with Crippen LogP contribution in [0.5, 0.6) is 0 Å². The number of methoxy groups -OCH3 is 1. The van der Waals surface area contributed by atoms with E-state index >= 15 is 0 Å². The van der Waals surface area contributed by atoms with Crippen molar-refractivity contribution in [1.29, 1.82) is 0 Å². The van der Waals surface area contributed by atoms with Crippen molar-refractivity contribution >= 4 is 5.97 Å². The smallest absolute Gasteiger partial charge is 0.404 e. The van der Waals surface area contributed by atoms with Crippen LogP contribution in [0.15, 0.2) is 30.3 Å². The van der Waals surface area contributed by atoms with Crippen molar-refractivity contribution in [2.45, 2.75) is 37.1 Å². The van der Waals surface area contributed by atoms with E-state index in [1.807, 2.05) is 0 Å². The van der Waals surface area contributed by atoms with Gasteiger partial charge in [-0.1, -0.05) is 30.3 Å². The van der Waals surface area contributed by atoms with Gasteiger partial charge in [-0.15, -0.1) is 0 Å². The van der Waals surface area contributed by atoms with Crippen LogP contribution in [-0.2, 0) is 9.53 Å². The zero-order chi connectivity index (χ0) is 16.3. The molecule has 122 valence electrons. The highest BCUT2D eigenvalue weighted by atomic mass is 19.4. The number of likely N-dealkylation sites (tertiary alicyclic amines) is 1. The molecule has 0 aromatic heterocycles. The summed E-state index contributed by atoms with van der Waals surface area (Å²) in [7, 11) is 1.15. The van der Waals surface area contributed by atoms with Crippen molar-refractivity contribution < 1.29 is 27.8 Å². The minimum atomic E-state index is -4.47. The van der Waals surface area contributed by atoms with E-state index < -0.39 is 36.9 Å². The minimum Gasteiger partial charge on any atom is -0.468 e. The third-order valence-corrected chi connectivity index (χ3v) is 4.00. The summed E-state index contributed by atoms with van der Waals surface area (Å²) in [6, 6.07) is 4.71. The van der Waals surface area contributed by atoms with Gasteiger partial charge in [-0.3, -0.25) is 9.69 Å². The quantitative estimate of drug-likeness (QED) is 0.866. The maximum Gasteiger partial charge on any atom is 0.404 e. The molecule has 0 unspecified atom stereocenters. The van der Waals surface area contributed by atoms with Crippen molar-refractivity contribution in [3.8, 4) is 0 Å². The Morgan fingerprint density at radius 3 is 2.50 bits per heavy atom. The van der Waals surface area contributed by atoms with Gasteiger partial charge in [0.25, 0.3) is 0 Å². The molecule has 1 aliphatic heterocycles.